The molecule has 2 rings (SSSR count). The monoisotopic (exact) mass is 367 g/mol. The highest BCUT2D eigenvalue weighted by molar-refractivity contribution is 6.84. The second-order valence-corrected chi connectivity index (χ2v) is 15.3. The third-order valence-corrected chi connectivity index (χ3v) is 7.04. The van der Waals surface area contributed by atoms with Gasteiger partial charge in [0.2, 0.25) is 0 Å². The number of nitrogens with zero attached hydrogens (tertiary/aromatic N) is 1. The van der Waals surface area contributed by atoms with Gasteiger partial charge in [-0.2, -0.15) is 0 Å². The lowest BCUT2D eigenvalue weighted by Crippen LogP contribution is -2.31. The van der Waals surface area contributed by atoms with E-state index in [9.17, 15) is 0 Å². The summed E-state index contributed by atoms with van der Waals surface area (Å²) < 4.78 is 2.09. The Morgan fingerprint density at radius 2 is 1.77 bits per heavy atom. The van der Waals surface area contributed by atoms with Gasteiger partial charge in [0.05, 0.1) is 14.8 Å². The van der Waals surface area contributed by atoms with E-state index in [0.717, 1.165) is 6.42 Å². The summed E-state index contributed by atoms with van der Waals surface area (Å²) in [6.45, 7) is 25.3. The quantitative estimate of drug-likeness (QED) is 0.311. The average molecular weight is 368 g/mol. The minimum absolute atomic E-state index is 0.273. The Balaban J connectivity index is 2.51. The molecule has 26 heavy (non-hydrogen) atoms. The van der Waals surface area contributed by atoms with Crippen molar-refractivity contribution < 1.29 is 4.58 Å². The molecule has 0 radical (unpaired) electrons. The predicted octanol–water partition coefficient (Wildman–Crippen LogP) is 6.85. The SMILES string of the molecule is C=[N+]1C=C([Si](C)(C)C)C(CC(C)(C)C)=C[C-]1c1ccc(C(C)C)cc1C. The highest BCUT2D eigenvalue weighted by Gasteiger charge is 2.31. The van der Waals surface area contributed by atoms with E-state index in [0.29, 0.717) is 5.92 Å². The number of aryl methyl sites for hydroxylation is 1. The van der Waals surface area contributed by atoms with Gasteiger partial charge in [-0.15, -0.1) is 6.07 Å². The van der Waals surface area contributed by atoms with Gasteiger partial charge in [-0.1, -0.05) is 90.0 Å². The van der Waals surface area contributed by atoms with E-state index in [-0.39, 0.29) is 5.41 Å². The fraction of sp³-hybridized carbons (Fsp3) is 0.500. The third kappa shape index (κ3) is 4.79. The first-order valence-corrected chi connectivity index (χ1v) is 13.3. The van der Waals surface area contributed by atoms with Crippen LogP contribution in [0, 0.1) is 18.4 Å². The molecule has 0 saturated heterocycles. The van der Waals surface area contributed by atoms with Crippen LogP contribution < -0.4 is 0 Å². The molecule has 0 spiro atoms. The van der Waals surface area contributed by atoms with Crippen LogP contribution in [0.15, 0.2) is 41.2 Å². The predicted molar refractivity (Wildman–Crippen MR) is 119 cm³/mol. The van der Waals surface area contributed by atoms with Gasteiger partial charge in [-0.25, -0.2) is 0 Å². The lowest BCUT2D eigenvalue weighted by molar-refractivity contribution is -0.418. The van der Waals surface area contributed by atoms with Crippen molar-refractivity contribution in [2.45, 2.75) is 73.5 Å². The van der Waals surface area contributed by atoms with Gasteiger partial charge in [0.1, 0.15) is 12.2 Å². The molecule has 0 N–H and O–H groups in total. The number of allylic oxidation sites excluding steroid dienone is 2. The molecule has 1 aliphatic rings. The smallest absolute Gasteiger partial charge is 0.147 e. The molecule has 1 aromatic rings. The van der Waals surface area contributed by atoms with E-state index in [1.165, 1.54) is 33.5 Å². The van der Waals surface area contributed by atoms with Crippen molar-refractivity contribution in [1.82, 2.24) is 0 Å². The van der Waals surface area contributed by atoms with E-state index in [1.54, 1.807) is 0 Å². The minimum Gasteiger partial charge on any atom is -0.255 e. The molecule has 0 bridgehead atoms. The van der Waals surface area contributed by atoms with Crippen molar-refractivity contribution in [1.29, 1.82) is 0 Å². The van der Waals surface area contributed by atoms with Gasteiger partial charge < -0.3 is 0 Å². The van der Waals surface area contributed by atoms with Gasteiger partial charge in [0.15, 0.2) is 0 Å². The van der Waals surface area contributed by atoms with Crippen molar-refractivity contribution >= 4 is 14.8 Å². The van der Waals surface area contributed by atoms with Crippen LogP contribution in [0.25, 0.3) is 0 Å². The molecule has 2 heteroatoms. The molecule has 0 atom stereocenters. The maximum atomic E-state index is 4.35. The maximum absolute atomic E-state index is 4.35. The second-order valence-electron chi connectivity index (χ2n) is 10.3. The topological polar surface area (TPSA) is 3.01 Å². The summed E-state index contributed by atoms with van der Waals surface area (Å²) in [6.07, 6.45) is 5.81. The van der Waals surface area contributed by atoms with E-state index < -0.39 is 8.07 Å². The molecule has 0 aliphatic carbocycles. The van der Waals surface area contributed by atoms with Crippen LogP contribution in [0.1, 0.15) is 63.6 Å². The average Bonchev–Trinajstić information content (AvgIpc) is 2.46. The van der Waals surface area contributed by atoms with E-state index in [4.69, 9.17) is 0 Å². The van der Waals surface area contributed by atoms with E-state index >= 15 is 0 Å². The van der Waals surface area contributed by atoms with Crippen molar-refractivity contribution in [3.8, 4) is 0 Å². The Kier molecular flexibility index (Phi) is 5.77. The van der Waals surface area contributed by atoms with Crippen LogP contribution in [-0.4, -0.2) is 19.4 Å². The molecular weight excluding hydrogens is 330 g/mol. The first-order valence-electron chi connectivity index (χ1n) is 9.80. The summed E-state index contributed by atoms with van der Waals surface area (Å²) in [5, 5.41) is 1.53. The Morgan fingerprint density at radius 3 is 2.23 bits per heavy atom. The van der Waals surface area contributed by atoms with E-state index in [2.05, 4.69) is 103 Å². The van der Waals surface area contributed by atoms with Crippen LogP contribution in [-0.2, 0) is 0 Å². The van der Waals surface area contributed by atoms with Crippen LogP contribution in [0.5, 0.6) is 0 Å². The molecule has 1 nitrogen and oxygen atoms in total. The van der Waals surface area contributed by atoms with Crippen molar-refractivity contribution in [2.24, 2.45) is 5.41 Å². The molecule has 0 unspecified atom stereocenters. The lowest BCUT2D eigenvalue weighted by atomic mass is 9.85. The van der Waals surface area contributed by atoms with Crippen LogP contribution >= 0.6 is 0 Å². The Morgan fingerprint density at radius 1 is 1.15 bits per heavy atom. The maximum Gasteiger partial charge on any atom is 0.147 e. The van der Waals surface area contributed by atoms with Gasteiger partial charge in [0, 0.05) is 0 Å². The normalized spacial score (nSPS) is 16.1. The number of hydrogen-bond donors (Lipinski definition) is 0. The summed E-state index contributed by atoms with van der Waals surface area (Å²) >= 11 is 0. The highest BCUT2D eigenvalue weighted by atomic mass is 28.3. The molecule has 142 valence electrons. The molecule has 0 amide bonds. The zero-order valence-electron chi connectivity index (χ0n) is 18.3. The first-order chi connectivity index (χ1) is 11.8. The summed E-state index contributed by atoms with van der Waals surface area (Å²) in [7, 11) is -1.43. The molecular formula is C24H37NSi. The minimum atomic E-state index is -1.43. The Bertz CT molecular complexity index is 751. The summed E-state index contributed by atoms with van der Waals surface area (Å²) in [6, 6.07) is 8.09. The number of rotatable bonds is 4. The zero-order chi connectivity index (χ0) is 19.9. The van der Waals surface area contributed by atoms with Crippen LogP contribution in [0.4, 0.5) is 0 Å². The Labute approximate surface area is 162 Å². The van der Waals surface area contributed by atoms with Crippen molar-refractivity contribution in [3.05, 3.63) is 64.0 Å². The Hall–Kier alpha value is -1.54. The highest BCUT2D eigenvalue weighted by Crippen LogP contribution is 2.38. The molecule has 1 aliphatic heterocycles. The number of hydrogen-bond acceptors (Lipinski definition) is 0. The van der Waals surface area contributed by atoms with Crippen LogP contribution in [0.3, 0.4) is 0 Å². The zero-order valence-corrected chi connectivity index (χ0v) is 19.3. The first kappa shape index (κ1) is 20.8. The van der Waals surface area contributed by atoms with Gasteiger partial charge >= 0.3 is 0 Å². The van der Waals surface area contributed by atoms with Crippen molar-refractivity contribution in [3.63, 3.8) is 0 Å². The lowest BCUT2D eigenvalue weighted by Gasteiger charge is -2.34. The molecule has 0 saturated carbocycles. The second kappa shape index (κ2) is 7.23. The van der Waals surface area contributed by atoms with E-state index in [1.807, 2.05) is 0 Å². The summed E-state index contributed by atoms with van der Waals surface area (Å²) in [5.41, 5.74) is 5.79. The largest absolute Gasteiger partial charge is 0.255 e. The summed E-state index contributed by atoms with van der Waals surface area (Å²) in [5.74, 6) is 0.556. The molecule has 1 heterocycles. The van der Waals surface area contributed by atoms with Gasteiger partial charge in [-0.05, 0) is 34.6 Å². The molecule has 0 fully saturated rings. The summed E-state index contributed by atoms with van der Waals surface area (Å²) in [4.78, 5) is 0. The fourth-order valence-corrected chi connectivity index (χ4v) is 5.26. The fourth-order valence-electron chi connectivity index (χ4n) is 3.59. The third-order valence-electron chi connectivity index (χ3n) is 4.97. The number of benzene rings is 1. The van der Waals surface area contributed by atoms with Crippen LogP contribution in [0.2, 0.25) is 19.6 Å². The standard InChI is InChI=1S/C24H37NSi/c1-17(2)19-11-12-21(18(3)13-19)22-14-20(15-24(4,5)6)23(16-25(22)7)26(8,9)10/h11-14,16-17H,7,15H2,1-6,8-10H3. The molecule has 0 aromatic heterocycles. The van der Waals surface area contributed by atoms with Crippen molar-refractivity contribution in [2.75, 3.05) is 0 Å². The molecule has 1 aromatic carbocycles. The van der Waals surface area contributed by atoms with Gasteiger partial charge in [0.25, 0.3) is 0 Å². The van der Waals surface area contributed by atoms with Gasteiger partial charge in [-0.3, -0.25) is 4.58 Å².